The zero-order valence-corrected chi connectivity index (χ0v) is 12.9. The highest BCUT2D eigenvalue weighted by molar-refractivity contribution is 6.30. The second-order valence-electron chi connectivity index (χ2n) is 5.41. The van der Waals surface area contributed by atoms with Gasteiger partial charge >= 0.3 is 0 Å². The molecule has 1 fully saturated rings. The monoisotopic (exact) mass is 280 g/mol. The molecule has 0 spiro atoms. The number of rotatable bonds is 5. The Hall–Kier alpha value is -0.570. The van der Waals surface area contributed by atoms with Crippen molar-refractivity contribution in [2.24, 2.45) is 0 Å². The van der Waals surface area contributed by atoms with Crippen LogP contribution in [-0.2, 0) is 6.54 Å². The Balaban J connectivity index is 1.81. The molecule has 0 amide bonds. The minimum Gasteiger partial charge on any atom is -0.298 e. The first-order valence-corrected chi connectivity index (χ1v) is 7.81. The maximum absolute atomic E-state index is 5.92. The number of piperazine rings is 1. The van der Waals surface area contributed by atoms with Crippen molar-refractivity contribution in [3.63, 3.8) is 0 Å². The van der Waals surface area contributed by atoms with Crippen LogP contribution in [0.15, 0.2) is 24.3 Å². The average molecular weight is 281 g/mol. The molecule has 0 saturated carbocycles. The molecule has 1 heterocycles. The van der Waals surface area contributed by atoms with Crippen molar-refractivity contribution < 1.29 is 0 Å². The Morgan fingerprint density at radius 2 is 1.58 bits per heavy atom. The van der Waals surface area contributed by atoms with Gasteiger partial charge in [0.05, 0.1) is 0 Å². The fourth-order valence-electron chi connectivity index (χ4n) is 2.94. The van der Waals surface area contributed by atoms with Crippen LogP contribution in [0.4, 0.5) is 0 Å². The van der Waals surface area contributed by atoms with E-state index in [4.69, 9.17) is 11.6 Å². The molecule has 0 aliphatic carbocycles. The Morgan fingerprint density at radius 1 is 1.00 bits per heavy atom. The van der Waals surface area contributed by atoms with Crippen molar-refractivity contribution in [3.8, 4) is 0 Å². The molecule has 0 radical (unpaired) electrons. The summed E-state index contributed by atoms with van der Waals surface area (Å²) >= 11 is 5.92. The van der Waals surface area contributed by atoms with Gasteiger partial charge in [-0.25, -0.2) is 0 Å². The Morgan fingerprint density at radius 3 is 2.11 bits per heavy atom. The minimum absolute atomic E-state index is 0.776. The summed E-state index contributed by atoms with van der Waals surface area (Å²) in [6.45, 7) is 10.4. The topological polar surface area (TPSA) is 6.48 Å². The molecule has 0 unspecified atom stereocenters. The maximum Gasteiger partial charge on any atom is 0.0406 e. The molecule has 3 heteroatoms. The molecule has 1 saturated heterocycles. The van der Waals surface area contributed by atoms with Gasteiger partial charge in [-0.15, -0.1) is 0 Å². The van der Waals surface area contributed by atoms with Gasteiger partial charge in [0, 0.05) is 43.8 Å². The summed E-state index contributed by atoms with van der Waals surface area (Å²) in [7, 11) is 0. The average Bonchev–Trinajstić information content (AvgIpc) is 2.44. The van der Waals surface area contributed by atoms with E-state index in [0.717, 1.165) is 17.6 Å². The summed E-state index contributed by atoms with van der Waals surface area (Å²) in [6.07, 6.45) is 2.54. The van der Waals surface area contributed by atoms with Crippen molar-refractivity contribution in [2.45, 2.75) is 39.3 Å². The second kappa shape index (κ2) is 7.28. The van der Waals surface area contributed by atoms with Crippen LogP contribution in [0.25, 0.3) is 0 Å². The van der Waals surface area contributed by atoms with E-state index in [2.05, 4.69) is 35.8 Å². The van der Waals surface area contributed by atoms with E-state index < -0.39 is 0 Å². The van der Waals surface area contributed by atoms with Gasteiger partial charge in [0.2, 0.25) is 0 Å². The van der Waals surface area contributed by atoms with E-state index in [-0.39, 0.29) is 0 Å². The van der Waals surface area contributed by atoms with Crippen LogP contribution in [0.2, 0.25) is 5.02 Å². The van der Waals surface area contributed by atoms with Crippen molar-refractivity contribution in [1.29, 1.82) is 0 Å². The van der Waals surface area contributed by atoms with Crippen molar-refractivity contribution in [1.82, 2.24) is 9.80 Å². The van der Waals surface area contributed by atoms with E-state index in [1.165, 1.54) is 44.6 Å². The molecular formula is C16H25ClN2. The highest BCUT2D eigenvalue weighted by atomic mass is 35.5. The minimum atomic E-state index is 0.776. The summed E-state index contributed by atoms with van der Waals surface area (Å²) in [4.78, 5) is 5.19. The quantitative estimate of drug-likeness (QED) is 0.812. The second-order valence-corrected chi connectivity index (χ2v) is 5.85. The molecule has 0 bridgehead atoms. The van der Waals surface area contributed by atoms with Gasteiger partial charge in [-0.05, 0) is 30.5 Å². The van der Waals surface area contributed by atoms with Crippen LogP contribution < -0.4 is 0 Å². The third kappa shape index (κ3) is 4.20. The molecule has 2 rings (SSSR count). The zero-order valence-electron chi connectivity index (χ0n) is 12.1. The third-order valence-corrected chi connectivity index (χ3v) is 4.44. The molecule has 19 heavy (non-hydrogen) atoms. The molecular weight excluding hydrogens is 256 g/mol. The van der Waals surface area contributed by atoms with E-state index >= 15 is 0 Å². The molecule has 0 aromatic heterocycles. The normalized spacial score (nSPS) is 18.1. The van der Waals surface area contributed by atoms with Gasteiger partial charge in [0.1, 0.15) is 0 Å². The summed E-state index contributed by atoms with van der Waals surface area (Å²) in [5.74, 6) is 0. The number of hydrogen-bond donors (Lipinski definition) is 0. The van der Waals surface area contributed by atoms with Crippen LogP contribution in [-0.4, -0.2) is 42.0 Å². The lowest BCUT2D eigenvalue weighted by Crippen LogP contribution is -2.49. The maximum atomic E-state index is 5.92. The van der Waals surface area contributed by atoms with Gasteiger partial charge in [-0.3, -0.25) is 9.80 Å². The fraction of sp³-hybridized carbons (Fsp3) is 0.625. The van der Waals surface area contributed by atoms with Gasteiger partial charge < -0.3 is 0 Å². The van der Waals surface area contributed by atoms with E-state index in [1.807, 2.05) is 12.1 Å². The molecule has 1 aromatic rings. The number of nitrogens with zero attached hydrogens (tertiary/aromatic N) is 2. The van der Waals surface area contributed by atoms with E-state index in [1.54, 1.807) is 0 Å². The molecule has 1 aliphatic heterocycles. The molecule has 0 atom stereocenters. The lowest BCUT2D eigenvalue weighted by atomic mass is 10.1. The van der Waals surface area contributed by atoms with Crippen molar-refractivity contribution in [2.75, 3.05) is 26.2 Å². The summed E-state index contributed by atoms with van der Waals surface area (Å²) in [5.41, 5.74) is 1.36. The predicted octanol–water partition coefficient (Wildman–Crippen LogP) is 3.65. The number of halogens is 1. The molecule has 1 aliphatic rings. The summed E-state index contributed by atoms with van der Waals surface area (Å²) < 4.78 is 0. The smallest absolute Gasteiger partial charge is 0.0406 e. The molecule has 106 valence electrons. The SMILES string of the molecule is CCC(CC)N1CCN(Cc2ccc(Cl)cc2)CC1. The van der Waals surface area contributed by atoms with Crippen LogP contribution >= 0.6 is 11.6 Å². The third-order valence-electron chi connectivity index (χ3n) is 4.19. The number of benzene rings is 1. The Bertz CT molecular complexity index is 365. The van der Waals surface area contributed by atoms with E-state index in [9.17, 15) is 0 Å². The van der Waals surface area contributed by atoms with Crippen LogP contribution in [0, 0.1) is 0 Å². The first-order chi connectivity index (χ1) is 9.22. The first-order valence-electron chi connectivity index (χ1n) is 7.43. The summed E-state index contributed by atoms with van der Waals surface area (Å²) in [5, 5.41) is 0.822. The van der Waals surface area contributed by atoms with Crippen LogP contribution in [0.5, 0.6) is 0 Å². The van der Waals surface area contributed by atoms with Crippen LogP contribution in [0.3, 0.4) is 0 Å². The highest BCUT2D eigenvalue weighted by Gasteiger charge is 2.21. The lowest BCUT2D eigenvalue weighted by Gasteiger charge is -2.38. The number of hydrogen-bond acceptors (Lipinski definition) is 2. The lowest BCUT2D eigenvalue weighted by molar-refractivity contribution is 0.0881. The van der Waals surface area contributed by atoms with Gasteiger partial charge in [0.25, 0.3) is 0 Å². The largest absolute Gasteiger partial charge is 0.298 e. The molecule has 1 aromatic carbocycles. The first kappa shape index (κ1) is 14.8. The van der Waals surface area contributed by atoms with Gasteiger partial charge in [-0.2, -0.15) is 0 Å². The Kier molecular flexibility index (Phi) is 5.68. The van der Waals surface area contributed by atoms with Crippen LogP contribution in [0.1, 0.15) is 32.3 Å². The predicted molar refractivity (Wildman–Crippen MR) is 82.7 cm³/mol. The van der Waals surface area contributed by atoms with E-state index in [0.29, 0.717) is 0 Å². The zero-order chi connectivity index (χ0) is 13.7. The van der Waals surface area contributed by atoms with Gasteiger partial charge in [-0.1, -0.05) is 37.6 Å². The fourth-order valence-corrected chi connectivity index (χ4v) is 3.07. The standard InChI is InChI=1S/C16H25ClN2/c1-3-16(4-2)19-11-9-18(10-12-19)13-14-5-7-15(17)8-6-14/h5-8,16H,3-4,9-13H2,1-2H3. The van der Waals surface area contributed by atoms with Gasteiger partial charge in [0.15, 0.2) is 0 Å². The van der Waals surface area contributed by atoms with Crippen molar-refractivity contribution >= 4 is 11.6 Å². The molecule has 0 N–H and O–H groups in total. The van der Waals surface area contributed by atoms with Crippen molar-refractivity contribution in [3.05, 3.63) is 34.9 Å². The summed E-state index contributed by atoms with van der Waals surface area (Å²) in [6, 6.07) is 9.01. The highest BCUT2D eigenvalue weighted by Crippen LogP contribution is 2.15. The Labute approximate surface area is 122 Å². The molecule has 2 nitrogen and oxygen atoms in total.